The fourth-order valence-corrected chi connectivity index (χ4v) is 10.7. The second-order valence-corrected chi connectivity index (χ2v) is 18.9. The van der Waals surface area contributed by atoms with Crippen molar-refractivity contribution in [3.8, 4) is 28.1 Å². The SMILES string of the molecule is C=CC(=O)N1CC[C@H](C(=O)N(C)[C@H](C(=O)N[C@H]2Cc3cc(O)cc(c3)-c3ccc4c(c3)c3c(n4CC)-c4cccnc4[C@@H](OC)C3C(C)(C)CO[N+](=O)[C@@H]3CCCN(N3)C2=O)C(C)C)C1. The lowest BCUT2D eigenvalue weighted by molar-refractivity contribution is -0.835. The minimum atomic E-state index is -1.17. The lowest BCUT2D eigenvalue weighted by atomic mass is 9.67. The molecule has 344 valence electrons. The zero-order valence-electron chi connectivity index (χ0n) is 38.4. The average Bonchev–Trinajstić information content (AvgIpc) is 3.92. The summed E-state index contributed by atoms with van der Waals surface area (Å²) in [6.07, 6.45) is 2.90. The van der Waals surface area contributed by atoms with E-state index in [1.165, 1.54) is 16.0 Å². The number of nitrogens with zero attached hydrogens (tertiary/aromatic N) is 6. The van der Waals surface area contributed by atoms with Crippen LogP contribution >= 0.6 is 0 Å². The second-order valence-electron chi connectivity index (χ2n) is 18.9. The highest BCUT2D eigenvalue weighted by atomic mass is 16.8. The highest BCUT2D eigenvalue weighted by Crippen LogP contribution is 2.57. The van der Waals surface area contributed by atoms with Crippen LogP contribution in [0.1, 0.15) is 82.7 Å². The molecule has 16 nitrogen and oxygen atoms in total. The number of amides is 4. The number of rotatable bonds is 8. The molecule has 4 aliphatic rings. The first kappa shape index (κ1) is 45.4. The van der Waals surface area contributed by atoms with E-state index in [0.717, 1.165) is 39.0 Å². The first-order chi connectivity index (χ1) is 31.1. The van der Waals surface area contributed by atoms with Crippen molar-refractivity contribution in [3.63, 3.8) is 0 Å². The minimum absolute atomic E-state index is 0.00807. The van der Waals surface area contributed by atoms with Crippen molar-refractivity contribution in [3.05, 3.63) is 89.1 Å². The van der Waals surface area contributed by atoms with Gasteiger partial charge in [-0.15, -0.1) is 0 Å². The molecule has 0 saturated carbocycles. The molecule has 4 aromatic rings. The predicted octanol–water partition coefficient (Wildman–Crippen LogP) is 5.63. The van der Waals surface area contributed by atoms with Gasteiger partial charge in [0.15, 0.2) is 6.61 Å². The van der Waals surface area contributed by atoms with E-state index in [9.17, 15) is 29.2 Å². The molecule has 4 amide bonds. The zero-order chi connectivity index (χ0) is 46.5. The van der Waals surface area contributed by atoms with Gasteiger partial charge in [-0.2, -0.15) is 5.43 Å². The summed E-state index contributed by atoms with van der Waals surface area (Å²) in [6.45, 7) is 15.0. The average molecular weight is 890 g/mol. The number of phenols is 1. The summed E-state index contributed by atoms with van der Waals surface area (Å²) in [5.41, 5.74) is 9.37. The van der Waals surface area contributed by atoms with Gasteiger partial charge in [-0.1, -0.05) is 46.4 Å². The molecule has 2 aromatic heterocycles. The summed E-state index contributed by atoms with van der Waals surface area (Å²) in [6, 6.07) is 13.3. The molecule has 8 rings (SSSR count). The number of benzene rings is 2. The summed E-state index contributed by atoms with van der Waals surface area (Å²) in [5.74, 6) is -2.73. The predicted molar refractivity (Wildman–Crippen MR) is 244 cm³/mol. The van der Waals surface area contributed by atoms with Crippen molar-refractivity contribution in [2.45, 2.75) is 97.1 Å². The molecule has 1 unspecified atom stereocenters. The van der Waals surface area contributed by atoms with Gasteiger partial charge in [-0.25, -0.2) is 4.84 Å². The van der Waals surface area contributed by atoms with Crippen molar-refractivity contribution in [2.75, 3.05) is 40.4 Å². The number of hydrogen-bond acceptors (Lipinski definition) is 10. The van der Waals surface area contributed by atoms with Gasteiger partial charge in [0, 0.05) is 87.2 Å². The molecular weight excluding hydrogens is 829 g/mol. The molecule has 0 spiro atoms. The Morgan fingerprint density at radius 2 is 1.92 bits per heavy atom. The molecule has 2 fully saturated rings. The number of pyridine rings is 1. The molecule has 2 aromatic carbocycles. The van der Waals surface area contributed by atoms with Crippen molar-refractivity contribution in [1.29, 1.82) is 0 Å². The number of aromatic nitrogens is 2. The van der Waals surface area contributed by atoms with Gasteiger partial charge in [-0.3, -0.25) is 29.2 Å². The van der Waals surface area contributed by atoms with Crippen molar-refractivity contribution < 1.29 is 38.8 Å². The molecule has 1 aliphatic carbocycles. The van der Waals surface area contributed by atoms with Gasteiger partial charge in [0.2, 0.25) is 22.6 Å². The van der Waals surface area contributed by atoms with Crippen LogP contribution in [0.5, 0.6) is 5.75 Å². The van der Waals surface area contributed by atoms with Crippen molar-refractivity contribution >= 4 is 34.5 Å². The first-order valence-corrected chi connectivity index (χ1v) is 22.7. The topological polar surface area (TPSA) is 179 Å². The largest absolute Gasteiger partial charge is 0.508 e. The number of nitrogens with one attached hydrogen (secondary N) is 2. The third-order valence-electron chi connectivity index (χ3n) is 13.8. The number of ether oxygens (including phenoxy) is 1. The fourth-order valence-electron chi connectivity index (χ4n) is 10.7. The lowest BCUT2D eigenvalue weighted by Crippen LogP contribution is -2.62. The summed E-state index contributed by atoms with van der Waals surface area (Å²) < 4.78 is 8.63. The van der Waals surface area contributed by atoms with Crippen molar-refractivity contribution in [2.24, 2.45) is 17.3 Å². The maximum atomic E-state index is 14.7. The van der Waals surface area contributed by atoms with Crippen LogP contribution in [0.25, 0.3) is 33.3 Å². The fraction of sp³-hybridized carbons (Fsp3) is 0.490. The van der Waals surface area contributed by atoms with Crippen LogP contribution in [0.3, 0.4) is 0 Å². The molecule has 16 heteroatoms. The van der Waals surface area contributed by atoms with E-state index in [0.29, 0.717) is 48.4 Å². The van der Waals surface area contributed by atoms with E-state index in [1.807, 2.05) is 32.0 Å². The van der Waals surface area contributed by atoms with Gasteiger partial charge >= 0.3 is 6.17 Å². The summed E-state index contributed by atoms with van der Waals surface area (Å²) in [4.78, 5) is 84.0. The maximum Gasteiger partial charge on any atom is 0.326 e. The number of hydrogen-bond donors (Lipinski definition) is 3. The summed E-state index contributed by atoms with van der Waals surface area (Å²) in [7, 11) is 3.26. The molecular formula is C49H61N8O8+. The quantitative estimate of drug-likeness (QED) is 0.188. The number of carbonyl (C=O) groups is 4. The third kappa shape index (κ3) is 8.37. The van der Waals surface area contributed by atoms with Crippen molar-refractivity contribution in [1.82, 2.24) is 35.1 Å². The molecule has 3 aliphatic heterocycles. The van der Waals surface area contributed by atoms with Gasteiger partial charge in [0.05, 0.1) is 22.2 Å². The van der Waals surface area contributed by atoms with Gasteiger partial charge < -0.3 is 29.5 Å². The highest BCUT2D eigenvalue weighted by molar-refractivity contribution is 5.97. The summed E-state index contributed by atoms with van der Waals surface area (Å²) in [5, 5.41) is 16.7. The van der Waals surface area contributed by atoms with E-state index in [1.54, 1.807) is 37.4 Å². The van der Waals surface area contributed by atoms with E-state index < -0.39 is 47.5 Å². The van der Waals surface area contributed by atoms with E-state index in [4.69, 9.17) is 14.6 Å². The Labute approximate surface area is 379 Å². The number of phenolic OH excluding ortho intramolecular Hbond substituents is 1. The monoisotopic (exact) mass is 889 g/mol. The zero-order valence-corrected chi connectivity index (χ0v) is 38.4. The Hall–Kier alpha value is -6.13. The van der Waals surface area contributed by atoms with Crippen LogP contribution < -0.4 is 10.7 Å². The van der Waals surface area contributed by atoms with Crippen LogP contribution in [0, 0.1) is 22.2 Å². The number of likely N-dealkylation sites (tertiary alicyclic amines) is 1. The molecule has 6 bridgehead atoms. The van der Waals surface area contributed by atoms with E-state index in [2.05, 4.69) is 60.9 Å². The van der Waals surface area contributed by atoms with Gasteiger partial charge in [0.1, 0.15) is 23.9 Å². The standard InChI is InChI=1S/C49H60N8O8/c1-9-39(59)54-20-17-31(26-54)47(61)53(7)43(28(3)4)46(60)51-36-23-29-21-32(24-33(58)22-29)30-15-16-37-35(25-30)40-41(45(64-8)42-34(13-11-18-50-42)44(40)55(37)10-2)49(5,6)27-65-57(63)38-14-12-19-56(52-38)48(36)62/h9,11,13,15-16,18,21-22,24-25,28,31,36,38,41,43,45,52H,1,10,12,14,17,19-20,23,26-27H2,2-8H3,(H-,51,58,60)/p+1/t31-,36-,38+,41?,43-,45-/m0/s1. The Balaban J connectivity index is 1.21. The lowest BCUT2D eigenvalue weighted by Gasteiger charge is -2.41. The van der Waals surface area contributed by atoms with E-state index in [-0.39, 0.29) is 55.5 Å². The Morgan fingerprint density at radius 3 is 2.65 bits per heavy atom. The number of fused-ring (bicyclic) bond motifs is 8. The maximum absolute atomic E-state index is 14.7. The van der Waals surface area contributed by atoms with Gasteiger partial charge in [0.25, 0.3) is 5.91 Å². The minimum Gasteiger partial charge on any atom is -0.508 e. The number of carbonyl (C=O) groups excluding carboxylic acids is 4. The molecule has 65 heavy (non-hydrogen) atoms. The molecule has 3 N–H and O–H groups in total. The normalized spacial score (nSPS) is 23.4. The summed E-state index contributed by atoms with van der Waals surface area (Å²) >= 11 is 0. The smallest absolute Gasteiger partial charge is 0.326 e. The highest BCUT2D eigenvalue weighted by Gasteiger charge is 2.49. The van der Waals surface area contributed by atoms with E-state index >= 15 is 0 Å². The number of aromatic hydroxyl groups is 1. The van der Waals surface area contributed by atoms with Crippen LogP contribution in [-0.2, 0) is 41.7 Å². The Kier molecular flexibility index (Phi) is 12.6. The number of methoxy groups -OCH3 is 1. The number of likely N-dealkylation sites (N-methyl/N-ethyl adjacent to an activating group) is 1. The first-order valence-electron chi connectivity index (χ1n) is 22.7. The van der Waals surface area contributed by atoms with Crippen LogP contribution in [0.15, 0.2) is 67.4 Å². The molecule has 5 heterocycles. The molecule has 0 radical (unpaired) electrons. The third-order valence-corrected chi connectivity index (χ3v) is 13.8. The van der Waals surface area contributed by atoms with Crippen LogP contribution in [0.2, 0.25) is 0 Å². The van der Waals surface area contributed by atoms with Crippen LogP contribution in [-0.4, -0.2) is 117 Å². The Morgan fingerprint density at radius 1 is 1.14 bits per heavy atom. The molecule has 6 atom stereocenters. The molecule has 2 saturated heterocycles. The van der Waals surface area contributed by atoms with Crippen LogP contribution in [0.4, 0.5) is 0 Å². The van der Waals surface area contributed by atoms with Gasteiger partial charge in [-0.05, 0) is 90.4 Å². The number of hydrazine groups is 1. The Bertz CT molecular complexity index is 2550. The second kappa shape index (κ2) is 18.0. The number of aryl methyl sites for hydroxylation is 1.